The summed E-state index contributed by atoms with van der Waals surface area (Å²) in [4.78, 5) is 6.59. The van der Waals surface area contributed by atoms with Gasteiger partial charge in [-0.3, -0.25) is 4.90 Å². The largest absolute Gasteiger partial charge is 0.334 e. The first-order valence-electron chi connectivity index (χ1n) is 8.98. The Hall–Kier alpha value is -2.33. The first-order valence-corrected chi connectivity index (χ1v) is 10.8. The third kappa shape index (κ3) is 4.48. The van der Waals surface area contributed by atoms with Crippen LogP contribution < -0.4 is 0 Å². The number of halogens is 2. The van der Waals surface area contributed by atoms with Crippen molar-refractivity contribution in [3.05, 3.63) is 65.2 Å². The molecule has 1 aliphatic rings. The zero-order chi connectivity index (χ0) is 20.4. The molecule has 0 radical (unpaired) electrons. The van der Waals surface area contributed by atoms with Crippen LogP contribution in [0.5, 0.6) is 0 Å². The van der Waals surface area contributed by atoms with E-state index in [-0.39, 0.29) is 16.6 Å². The second-order valence-electron chi connectivity index (χ2n) is 6.66. The van der Waals surface area contributed by atoms with Gasteiger partial charge in [-0.25, -0.2) is 12.8 Å². The fraction of sp³-hybridized carbons (Fsp3) is 0.263. The molecule has 0 amide bonds. The molecule has 2 heterocycles. The standard InChI is InChI=1S/C19H18ClFN4O3S/c20-15-4-6-17(7-5-15)29(26,27)25-10-8-24(9-11-25)13-18-22-19(28-23-18)14-2-1-3-16(21)12-14/h1-7,12H,8-11,13H2. The lowest BCUT2D eigenvalue weighted by molar-refractivity contribution is 0.176. The van der Waals surface area contributed by atoms with Crippen molar-refractivity contribution in [1.29, 1.82) is 0 Å². The zero-order valence-corrected chi connectivity index (χ0v) is 16.9. The van der Waals surface area contributed by atoms with Gasteiger partial charge in [0.15, 0.2) is 5.82 Å². The summed E-state index contributed by atoms with van der Waals surface area (Å²) in [5, 5.41) is 4.44. The zero-order valence-electron chi connectivity index (χ0n) is 15.3. The van der Waals surface area contributed by atoms with E-state index in [2.05, 4.69) is 10.1 Å². The van der Waals surface area contributed by atoms with Crippen molar-refractivity contribution in [1.82, 2.24) is 19.3 Å². The maximum atomic E-state index is 13.3. The van der Waals surface area contributed by atoms with Crippen LogP contribution in [-0.4, -0.2) is 53.9 Å². The molecule has 1 fully saturated rings. The molecule has 10 heteroatoms. The third-order valence-corrected chi connectivity index (χ3v) is 6.85. The Balaban J connectivity index is 1.37. The third-order valence-electron chi connectivity index (χ3n) is 4.69. The summed E-state index contributed by atoms with van der Waals surface area (Å²) in [5.41, 5.74) is 0.516. The van der Waals surface area contributed by atoms with Gasteiger partial charge in [-0.15, -0.1) is 0 Å². The summed E-state index contributed by atoms with van der Waals surface area (Å²) < 4.78 is 45.5. The minimum atomic E-state index is -3.55. The van der Waals surface area contributed by atoms with Crippen LogP contribution in [0.1, 0.15) is 5.82 Å². The Bertz CT molecular complexity index is 1100. The van der Waals surface area contributed by atoms with Gasteiger partial charge in [-0.05, 0) is 42.5 Å². The Kier molecular flexibility index (Phi) is 5.64. The van der Waals surface area contributed by atoms with Crippen LogP contribution >= 0.6 is 11.6 Å². The highest BCUT2D eigenvalue weighted by Gasteiger charge is 2.29. The van der Waals surface area contributed by atoms with E-state index >= 15 is 0 Å². The number of piperazine rings is 1. The monoisotopic (exact) mass is 436 g/mol. The molecule has 1 aliphatic heterocycles. The summed E-state index contributed by atoms with van der Waals surface area (Å²) in [6, 6.07) is 12.1. The van der Waals surface area contributed by atoms with Crippen molar-refractivity contribution in [2.24, 2.45) is 0 Å². The van der Waals surface area contributed by atoms with Crippen molar-refractivity contribution >= 4 is 21.6 Å². The highest BCUT2D eigenvalue weighted by Crippen LogP contribution is 2.21. The van der Waals surface area contributed by atoms with Crippen molar-refractivity contribution < 1.29 is 17.3 Å². The van der Waals surface area contributed by atoms with E-state index in [1.165, 1.54) is 28.6 Å². The van der Waals surface area contributed by atoms with E-state index in [1.54, 1.807) is 24.3 Å². The summed E-state index contributed by atoms with van der Waals surface area (Å²) in [5.74, 6) is 0.349. The lowest BCUT2D eigenvalue weighted by Gasteiger charge is -2.33. The number of nitrogens with zero attached hydrogens (tertiary/aromatic N) is 4. The van der Waals surface area contributed by atoms with E-state index < -0.39 is 10.0 Å². The highest BCUT2D eigenvalue weighted by atomic mass is 35.5. The Labute approximate surface area is 172 Å². The van der Waals surface area contributed by atoms with Crippen molar-refractivity contribution in [3.8, 4) is 11.5 Å². The van der Waals surface area contributed by atoms with Gasteiger partial charge in [0.25, 0.3) is 5.89 Å². The van der Waals surface area contributed by atoms with E-state index in [4.69, 9.17) is 16.1 Å². The normalized spacial score (nSPS) is 16.2. The van der Waals surface area contributed by atoms with E-state index in [1.807, 2.05) is 4.90 Å². The SMILES string of the molecule is O=S(=O)(c1ccc(Cl)cc1)N1CCN(Cc2noc(-c3cccc(F)c3)n2)CC1. The Morgan fingerprint density at radius 2 is 1.79 bits per heavy atom. The Morgan fingerprint density at radius 1 is 1.07 bits per heavy atom. The van der Waals surface area contributed by atoms with Crippen LogP contribution in [0.25, 0.3) is 11.5 Å². The summed E-state index contributed by atoms with van der Waals surface area (Å²) >= 11 is 5.84. The van der Waals surface area contributed by atoms with Crippen molar-refractivity contribution in [2.75, 3.05) is 26.2 Å². The molecule has 29 heavy (non-hydrogen) atoms. The van der Waals surface area contributed by atoms with Gasteiger partial charge in [0.1, 0.15) is 5.82 Å². The number of aromatic nitrogens is 2. The minimum absolute atomic E-state index is 0.230. The summed E-state index contributed by atoms with van der Waals surface area (Å²) in [7, 11) is -3.55. The van der Waals surface area contributed by atoms with Crippen LogP contribution in [0.15, 0.2) is 57.9 Å². The summed E-state index contributed by atoms with van der Waals surface area (Å²) in [6.07, 6.45) is 0. The molecule has 1 aromatic heterocycles. The average molecular weight is 437 g/mol. The Morgan fingerprint density at radius 3 is 2.48 bits per heavy atom. The van der Waals surface area contributed by atoms with Crippen LogP contribution in [0, 0.1) is 5.82 Å². The molecule has 152 valence electrons. The van der Waals surface area contributed by atoms with Gasteiger partial charge in [-0.1, -0.05) is 22.8 Å². The van der Waals surface area contributed by atoms with Crippen LogP contribution in [-0.2, 0) is 16.6 Å². The fourth-order valence-electron chi connectivity index (χ4n) is 3.14. The lowest BCUT2D eigenvalue weighted by Crippen LogP contribution is -2.48. The predicted octanol–water partition coefficient (Wildman–Crippen LogP) is 3.04. The van der Waals surface area contributed by atoms with Crippen LogP contribution in [0.2, 0.25) is 5.02 Å². The molecule has 0 bridgehead atoms. The predicted molar refractivity (Wildman–Crippen MR) is 105 cm³/mol. The fourth-order valence-corrected chi connectivity index (χ4v) is 4.69. The molecule has 4 rings (SSSR count). The smallest absolute Gasteiger partial charge is 0.258 e. The summed E-state index contributed by atoms with van der Waals surface area (Å²) in [6.45, 7) is 2.22. The molecule has 3 aromatic rings. The van der Waals surface area contributed by atoms with Gasteiger partial charge in [-0.2, -0.15) is 9.29 Å². The number of hydrogen-bond donors (Lipinski definition) is 0. The molecule has 1 saturated heterocycles. The van der Waals surface area contributed by atoms with Gasteiger partial charge < -0.3 is 4.52 Å². The van der Waals surface area contributed by atoms with Gasteiger partial charge >= 0.3 is 0 Å². The molecule has 0 unspecified atom stereocenters. The topological polar surface area (TPSA) is 79.5 Å². The number of hydrogen-bond acceptors (Lipinski definition) is 6. The number of sulfonamides is 1. The van der Waals surface area contributed by atoms with Gasteiger partial charge in [0, 0.05) is 36.8 Å². The van der Waals surface area contributed by atoms with Crippen LogP contribution in [0.4, 0.5) is 4.39 Å². The highest BCUT2D eigenvalue weighted by molar-refractivity contribution is 7.89. The molecular weight excluding hydrogens is 419 g/mol. The minimum Gasteiger partial charge on any atom is -0.334 e. The van der Waals surface area contributed by atoms with Crippen molar-refractivity contribution in [2.45, 2.75) is 11.4 Å². The molecule has 0 aliphatic carbocycles. The van der Waals surface area contributed by atoms with Gasteiger partial charge in [0.2, 0.25) is 10.0 Å². The molecule has 0 spiro atoms. The maximum Gasteiger partial charge on any atom is 0.258 e. The number of rotatable bonds is 5. The van der Waals surface area contributed by atoms with Gasteiger partial charge in [0.05, 0.1) is 11.4 Å². The van der Waals surface area contributed by atoms with E-state index in [9.17, 15) is 12.8 Å². The molecule has 0 N–H and O–H groups in total. The first kappa shape index (κ1) is 20.0. The molecule has 2 aromatic carbocycles. The maximum absolute atomic E-state index is 13.3. The molecule has 7 nitrogen and oxygen atoms in total. The first-order chi connectivity index (χ1) is 13.9. The quantitative estimate of drug-likeness (QED) is 0.611. The second-order valence-corrected chi connectivity index (χ2v) is 9.03. The van der Waals surface area contributed by atoms with E-state index in [0.717, 1.165) is 0 Å². The molecular formula is C19H18ClFN4O3S. The lowest BCUT2D eigenvalue weighted by atomic mass is 10.2. The van der Waals surface area contributed by atoms with E-state index in [0.29, 0.717) is 49.1 Å². The molecule has 0 atom stereocenters. The average Bonchev–Trinajstić information content (AvgIpc) is 3.17. The van der Waals surface area contributed by atoms with Crippen LogP contribution in [0.3, 0.4) is 0 Å². The number of benzene rings is 2. The molecule has 0 saturated carbocycles. The second kappa shape index (κ2) is 8.19. The van der Waals surface area contributed by atoms with Crippen molar-refractivity contribution in [3.63, 3.8) is 0 Å².